The summed E-state index contributed by atoms with van der Waals surface area (Å²) >= 11 is 0. The first kappa shape index (κ1) is 14.4. The molecule has 4 N–H and O–H groups in total. The van der Waals surface area contributed by atoms with Gasteiger partial charge in [0, 0.05) is 30.5 Å². The van der Waals surface area contributed by atoms with Crippen LogP contribution in [0.2, 0.25) is 0 Å². The minimum absolute atomic E-state index is 0.0989. The average molecular weight is 251 g/mol. The van der Waals surface area contributed by atoms with Crippen molar-refractivity contribution in [1.29, 1.82) is 0 Å². The van der Waals surface area contributed by atoms with E-state index in [1.165, 1.54) is 12.3 Å². The Balaban J connectivity index is 2.78. The molecule has 0 aliphatic carbocycles. The summed E-state index contributed by atoms with van der Waals surface area (Å²) in [7, 11) is 0. The first-order valence-electron chi connectivity index (χ1n) is 6.14. The Kier molecular flexibility index (Phi) is 5.09. The zero-order valence-corrected chi connectivity index (χ0v) is 11.1. The number of aryl methyl sites for hydroxylation is 1. The van der Waals surface area contributed by atoms with Crippen LogP contribution in [-0.2, 0) is 0 Å². The van der Waals surface area contributed by atoms with Crippen LogP contribution in [0.3, 0.4) is 0 Å². The van der Waals surface area contributed by atoms with E-state index < -0.39 is 0 Å². The first-order chi connectivity index (χ1) is 8.43. The van der Waals surface area contributed by atoms with Gasteiger partial charge in [0.2, 0.25) is 0 Å². The van der Waals surface area contributed by atoms with Crippen LogP contribution in [0.1, 0.15) is 36.3 Å². The fourth-order valence-corrected chi connectivity index (χ4v) is 1.80. The largest absolute Gasteiger partial charge is 0.364 e. The van der Waals surface area contributed by atoms with Crippen molar-refractivity contribution in [2.75, 3.05) is 6.54 Å². The van der Waals surface area contributed by atoms with Crippen molar-refractivity contribution in [2.45, 2.75) is 33.2 Å². The summed E-state index contributed by atoms with van der Waals surface area (Å²) in [5.74, 6) is 0.0718. The molecule has 0 saturated heterocycles. The summed E-state index contributed by atoms with van der Waals surface area (Å²) in [5, 5.41) is 2.79. The predicted octanol–water partition coefficient (Wildman–Crippen LogP) is 0.787. The molecule has 0 aliphatic rings. The minimum Gasteiger partial charge on any atom is -0.364 e. The molecular weight excluding hydrogens is 230 g/mol. The number of nitrogens with one attached hydrogen (secondary N) is 2. The number of H-pyrrole nitrogens is 1. The maximum Gasteiger partial charge on any atom is 0.257 e. The van der Waals surface area contributed by atoms with Crippen molar-refractivity contribution in [2.24, 2.45) is 11.7 Å². The number of carbonyl (C=O) groups is 1. The first-order valence-corrected chi connectivity index (χ1v) is 6.14. The molecule has 0 spiro atoms. The van der Waals surface area contributed by atoms with Gasteiger partial charge in [-0.1, -0.05) is 13.8 Å². The lowest BCUT2D eigenvalue weighted by atomic mass is 10.0. The maximum absolute atomic E-state index is 11.9. The smallest absolute Gasteiger partial charge is 0.257 e. The molecule has 0 bridgehead atoms. The van der Waals surface area contributed by atoms with E-state index >= 15 is 0 Å². The molecule has 0 aliphatic heterocycles. The SMILES string of the molecule is Cc1cc(=O)c(C(=O)NC(CN)CC(C)C)c[nH]1. The van der Waals surface area contributed by atoms with Crippen molar-refractivity contribution in [3.63, 3.8) is 0 Å². The second-order valence-electron chi connectivity index (χ2n) is 4.93. The number of carbonyl (C=O) groups excluding carboxylic acids is 1. The zero-order chi connectivity index (χ0) is 13.7. The van der Waals surface area contributed by atoms with Gasteiger partial charge in [-0.05, 0) is 19.3 Å². The van der Waals surface area contributed by atoms with Gasteiger partial charge in [-0.2, -0.15) is 0 Å². The van der Waals surface area contributed by atoms with Crippen LogP contribution in [0.25, 0.3) is 0 Å². The molecule has 1 amide bonds. The van der Waals surface area contributed by atoms with E-state index in [1.54, 1.807) is 6.92 Å². The van der Waals surface area contributed by atoms with E-state index in [9.17, 15) is 9.59 Å². The van der Waals surface area contributed by atoms with Crippen LogP contribution in [0, 0.1) is 12.8 Å². The third kappa shape index (κ3) is 4.00. The number of aromatic amines is 1. The van der Waals surface area contributed by atoms with E-state index in [1.807, 2.05) is 0 Å². The van der Waals surface area contributed by atoms with Crippen LogP contribution in [-0.4, -0.2) is 23.5 Å². The highest BCUT2D eigenvalue weighted by atomic mass is 16.2. The number of aromatic nitrogens is 1. The Morgan fingerprint density at radius 3 is 2.67 bits per heavy atom. The third-order valence-electron chi connectivity index (χ3n) is 2.68. The maximum atomic E-state index is 11.9. The van der Waals surface area contributed by atoms with Crippen molar-refractivity contribution in [3.05, 3.63) is 33.7 Å². The Hall–Kier alpha value is -1.62. The number of rotatable bonds is 5. The Bertz CT molecular complexity index is 466. The van der Waals surface area contributed by atoms with Crippen LogP contribution < -0.4 is 16.5 Å². The summed E-state index contributed by atoms with van der Waals surface area (Å²) in [6, 6.07) is 1.31. The number of hydrogen-bond donors (Lipinski definition) is 3. The summed E-state index contributed by atoms with van der Waals surface area (Å²) in [6.07, 6.45) is 2.24. The molecule has 1 aromatic rings. The summed E-state index contributed by atoms with van der Waals surface area (Å²) < 4.78 is 0. The molecule has 1 atom stereocenters. The van der Waals surface area contributed by atoms with Crippen molar-refractivity contribution < 1.29 is 4.79 Å². The monoisotopic (exact) mass is 251 g/mol. The molecule has 18 heavy (non-hydrogen) atoms. The van der Waals surface area contributed by atoms with Crippen LogP contribution in [0.5, 0.6) is 0 Å². The van der Waals surface area contributed by atoms with Gasteiger partial charge in [0.1, 0.15) is 5.56 Å². The highest BCUT2D eigenvalue weighted by Gasteiger charge is 2.15. The molecular formula is C13H21N3O2. The van der Waals surface area contributed by atoms with Gasteiger partial charge in [-0.15, -0.1) is 0 Å². The molecule has 1 aromatic heterocycles. The molecule has 5 heteroatoms. The minimum atomic E-state index is -0.368. The van der Waals surface area contributed by atoms with E-state index in [0.717, 1.165) is 12.1 Å². The molecule has 0 saturated carbocycles. The average Bonchev–Trinajstić information content (AvgIpc) is 2.27. The number of amides is 1. The van der Waals surface area contributed by atoms with Crippen LogP contribution >= 0.6 is 0 Å². The Labute approximate surface area is 107 Å². The predicted molar refractivity (Wildman–Crippen MR) is 71.6 cm³/mol. The lowest BCUT2D eigenvalue weighted by molar-refractivity contribution is 0.0932. The third-order valence-corrected chi connectivity index (χ3v) is 2.68. The van der Waals surface area contributed by atoms with E-state index in [-0.39, 0.29) is 22.9 Å². The molecule has 0 radical (unpaired) electrons. The molecule has 0 aromatic carbocycles. The van der Waals surface area contributed by atoms with Gasteiger partial charge >= 0.3 is 0 Å². The van der Waals surface area contributed by atoms with E-state index in [0.29, 0.717) is 12.5 Å². The summed E-state index contributed by atoms with van der Waals surface area (Å²) in [6.45, 7) is 6.26. The number of nitrogens with two attached hydrogens (primary N) is 1. The van der Waals surface area contributed by atoms with Gasteiger partial charge in [0.25, 0.3) is 5.91 Å². The second-order valence-corrected chi connectivity index (χ2v) is 4.93. The fraction of sp³-hybridized carbons (Fsp3) is 0.538. The van der Waals surface area contributed by atoms with Gasteiger partial charge in [0.15, 0.2) is 5.43 Å². The van der Waals surface area contributed by atoms with Crippen LogP contribution in [0.4, 0.5) is 0 Å². The van der Waals surface area contributed by atoms with Crippen LogP contribution in [0.15, 0.2) is 17.1 Å². The van der Waals surface area contributed by atoms with Gasteiger partial charge in [-0.3, -0.25) is 9.59 Å². The van der Waals surface area contributed by atoms with Crippen molar-refractivity contribution >= 4 is 5.91 Å². The van der Waals surface area contributed by atoms with Gasteiger partial charge < -0.3 is 16.0 Å². The second kappa shape index (κ2) is 6.35. The molecule has 1 unspecified atom stereocenters. The van der Waals surface area contributed by atoms with Gasteiger partial charge in [-0.25, -0.2) is 0 Å². The number of pyridine rings is 1. The van der Waals surface area contributed by atoms with Gasteiger partial charge in [0.05, 0.1) is 0 Å². The summed E-state index contributed by atoms with van der Waals surface area (Å²) in [5.41, 5.74) is 6.19. The Morgan fingerprint density at radius 2 is 2.17 bits per heavy atom. The van der Waals surface area contributed by atoms with Crippen molar-refractivity contribution in [1.82, 2.24) is 10.3 Å². The fourth-order valence-electron chi connectivity index (χ4n) is 1.80. The molecule has 0 fully saturated rings. The zero-order valence-electron chi connectivity index (χ0n) is 11.1. The lowest BCUT2D eigenvalue weighted by Gasteiger charge is -2.18. The topological polar surface area (TPSA) is 88.0 Å². The molecule has 5 nitrogen and oxygen atoms in total. The lowest BCUT2D eigenvalue weighted by Crippen LogP contribution is -2.42. The molecule has 1 heterocycles. The molecule has 100 valence electrons. The molecule has 1 rings (SSSR count). The van der Waals surface area contributed by atoms with Crippen molar-refractivity contribution in [3.8, 4) is 0 Å². The highest BCUT2D eigenvalue weighted by Crippen LogP contribution is 2.04. The summed E-state index contributed by atoms with van der Waals surface area (Å²) in [4.78, 5) is 26.5. The number of hydrogen-bond acceptors (Lipinski definition) is 3. The highest BCUT2D eigenvalue weighted by molar-refractivity contribution is 5.93. The quantitative estimate of drug-likeness (QED) is 0.722. The van der Waals surface area contributed by atoms with E-state index in [4.69, 9.17) is 5.73 Å². The normalized spacial score (nSPS) is 12.5. The van der Waals surface area contributed by atoms with E-state index in [2.05, 4.69) is 24.1 Å². The standard InChI is InChI=1S/C13H21N3O2/c1-8(2)4-10(6-14)16-13(18)11-7-15-9(3)5-12(11)17/h5,7-8,10H,4,6,14H2,1-3H3,(H,15,17)(H,16,18). The Morgan fingerprint density at radius 1 is 1.50 bits per heavy atom.